The van der Waals surface area contributed by atoms with E-state index in [1.807, 2.05) is 0 Å². The van der Waals surface area contributed by atoms with E-state index < -0.39 is 14.8 Å². The number of hydrogen-bond acceptors (Lipinski definition) is 3. The average molecular weight is 255 g/mol. The van der Waals surface area contributed by atoms with Gasteiger partial charge < -0.3 is 5.73 Å². The molecule has 0 atom stereocenters. The highest BCUT2D eigenvalue weighted by Crippen LogP contribution is 2.20. The van der Waals surface area contributed by atoms with Gasteiger partial charge in [-0.1, -0.05) is 12.1 Å². The maximum absolute atomic E-state index is 11.9. The van der Waals surface area contributed by atoms with Crippen LogP contribution in [0.5, 0.6) is 0 Å². The number of hydrogen-bond donors (Lipinski definition) is 3. The van der Waals surface area contributed by atoms with Crippen LogP contribution in [0.3, 0.4) is 0 Å². The summed E-state index contributed by atoms with van der Waals surface area (Å²) >= 11 is 0. The fourth-order valence-electron chi connectivity index (χ4n) is 1.06. The summed E-state index contributed by atoms with van der Waals surface area (Å²) in [6.45, 7) is 4.85. The Hall–Kier alpha value is -1.56. The summed E-state index contributed by atoms with van der Waals surface area (Å²) in [5.74, 6) is -0.0955. The van der Waals surface area contributed by atoms with Gasteiger partial charge in [0, 0.05) is 11.3 Å². The lowest BCUT2D eigenvalue weighted by molar-refractivity contribution is 0.566. The number of anilines is 1. The van der Waals surface area contributed by atoms with Gasteiger partial charge in [-0.3, -0.25) is 10.1 Å². The molecule has 0 aliphatic heterocycles. The quantitative estimate of drug-likeness (QED) is 0.564. The lowest BCUT2D eigenvalue weighted by Gasteiger charge is -2.20. The smallest absolute Gasteiger partial charge is 0.237 e. The Balaban J connectivity index is 3.05. The molecular formula is C11H17N3O2S. The van der Waals surface area contributed by atoms with Crippen LogP contribution in [0.25, 0.3) is 0 Å². The monoisotopic (exact) mass is 255 g/mol. The number of nitrogen functional groups attached to an aromatic ring is 1. The van der Waals surface area contributed by atoms with E-state index >= 15 is 0 Å². The van der Waals surface area contributed by atoms with Crippen molar-refractivity contribution in [2.24, 2.45) is 5.73 Å². The molecular weight excluding hydrogens is 238 g/mol. The first kappa shape index (κ1) is 13.5. The van der Waals surface area contributed by atoms with Crippen molar-refractivity contribution in [1.29, 1.82) is 5.41 Å². The van der Waals surface area contributed by atoms with Crippen molar-refractivity contribution < 1.29 is 8.42 Å². The molecule has 1 aromatic rings. The van der Waals surface area contributed by atoms with Crippen molar-refractivity contribution >= 4 is 21.5 Å². The van der Waals surface area contributed by atoms with Crippen molar-refractivity contribution in [3.05, 3.63) is 29.8 Å². The fourth-order valence-corrected chi connectivity index (χ4v) is 1.80. The van der Waals surface area contributed by atoms with Gasteiger partial charge in [-0.2, -0.15) is 0 Å². The van der Waals surface area contributed by atoms with E-state index in [0.29, 0.717) is 11.3 Å². The maximum Gasteiger partial charge on any atom is 0.237 e. The number of benzene rings is 1. The molecule has 94 valence electrons. The highest BCUT2D eigenvalue weighted by atomic mass is 32.2. The Morgan fingerprint density at radius 3 is 2.41 bits per heavy atom. The molecule has 17 heavy (non-hydrogen) atoms. The molecule has 0 aromatic heterocycles. The van der Waals surface area contributed by atoms with E-state index in [-0.39, 0.29) is 5.84 Å². The lowest BCUT2D eigenvalue weighted by atomic mass is 10.2. The average Bonchev–Trinajstić information content (AvgIpc) is 2.15. The summed E-state index contributed by atoms with van der Waals surface area (Å²) in [7, 11) is -3.45. The molecule has 1 rings (SSSR count). The minimum absolute atomic E-state index is 0.0955. The van der Waals surface area contributed by atoms with Crippen LogP contribution < -0.4 is 10.5 Å². The summed E-state index contributed by atoms with van der Waals surface area (Å²) < 4.78 is 25.4. The Kier molecular flexibility index (Phi) is 3.47. The van der Waals surface area contributed by atoms with Crippen LogP contribution in [0.2, 0.25) is 0 Å². The van der Waals surface area contributed by atoms with Gasteiger partial charge >= 0.3 is 0 Å². The van der Waals surface area contributed by atoms with Gasteiger partial charge in [0.05, 0.1) is 4.75 Å². The topological polar surface area (TPSA) is 96.0 Å². The van der Waals surface area contributed by atoms with E-state index in [0.717, 1.165) is 0 Å². The SMILES string of the molecule is CC(C)(C)S(=O)(=O)Nc1cccc(C(=N)N)c1. The van der Waals surface area contributed by atoms with Crippen molar-refractivity contribution in [1.82, 2.24) is 0 Å². The maximum atomic E-state index is 11.9. The van der Waals surface area contributed by atoms with Crippen LogP contribution in [-0.4, -0.2) is 19.0 Å². The zero-order chi connectivity index (χ0) is 13.3. The van der Waals surface area contributed by atoms with E-state index in [1.54, 1.807) is 39.0 Å². The largest absolute Gasteiger partial charge is 0.384 e. The summed E-state index contributed by atoms with van der Waals surface area (Å²) in [6.07, 6.45) is 0. The van der Waals surface area contributed by atoms with Crippen LogP contribution in [0, 0.1) is 5.41 Å². The zero-order valence-electron chi connectivity index (χ0n) is 10.1. The van der Waals surface area contributed by atoms with E-state index in [9.17, 15) is 8.42 Å². The molecule has 0 fully saturated rings. The van der Waals surface area contributed by atoms with Gasteiger partial charge in [-0.15, -0.1) is 0 Å². The third-order valence-corrected chi connectivity index (χ3v) is 4.35. The first-order valence-corrected chi connectivity index (χ1v) is 6.58. The fraction of sp³-hybridized carbons (Fsp3) is 0.364. The van der Waals surface area contributed by atoms with Crippen LogP contribution in [0.15, 0.2) is 24.3 Å². The molecule has 0 spiro atoms. The Bertz CT molecular complexity index is 530. The molecule has 4 N–H and O–H groups in total. The van der Waals surface area contributed by atoms with Crippen LogP contribution >= 0.6 is 0 Å². The van der Waals surface area contributed by atoms with Crippen LogP contribution in [0.4, 0.5) is 5.69 Å². The Labute approximate surface area is 102 Å². The first-order chi connectivity index (χ1) is 7.63. The minimum atomic E-state index is -3.45. The minimum Gasteiger partial charge on any atom is -0.384 e. The molecule has 0 saturated carbocycles. The van der Waals surface area contributed by atoms with Crippen molar-refractivity contribution in [2.45, 2.75) is 25.5 Å². The lowest BCUT2D eigenvalue weighted by Crippen LogP contribution is -2.33. The molecule has 5 nitrogen and oxygen atoms in total. The van der Waals surface area contributed by atoms with E-state index in [2.05, 4.69) is 4.72 Å². The normalized spacial score (nSPS) is 12.2. The molecule has 1 aromatic carbocycles. The van der Waals surface area contributed by atoms with Crippen LogP contribution in [0.1, 0.15) is 26.3 Å². The molecule has 0 amide bonds. The van der Waals surface area contributed by atoms with Crippen molar-refractivity contribution in [2.75, 3.05) is 4.72 Å². The van der Waals surface area contributed by atoms with Crippen LogP contribution in [-0.2, 0) is 10.0 Å². The molecule has 0 heterocycles. The summed E-state index contributed by atoms with van der Waals surface area (Å²) in [6, 6.07) is 6.45. The van der Waals surface area contributed by atoms with Gasteiger partial charge in [0.1, 0.15) is 5.84 Å². The first-order valence-electron chi connectivity index (χ1n) is 5.10. The highest BCUT2D eigenvalue weighted by molar-refractivity contribution is 7.94. The predicted octanol–water partition coefficient (Wildman–Crippen LogP) is 1.51. The van der Waals surface area contributed by atoms with Gasteiger partial charge in [0.15, 0.2) is 0 Å². The molecule has 0 bridgehead atoms. The molecule has 6 heteroatoms. The second-order valence-electron chi connectivity index (χ2n) is 4.71. The third-order valence-electron chi connectivity index (χ3n) is 2.23. The van der Waals surface area contributed by atoms with E-state index in [1.165, 1.54) is 6.07 Å². The number of nitrogens with one attached hydrogen (secondary N) is 2. The summed E-state index contributed by atoms with van der Waals surface area (Å²) in [5.41, 5.74) is 6.23. The molecule has 0 aliphatic rings. The highest BCUT2D eigenvalue weighted by Gasteiger charge is 2.28. The summed E-state index contributed by atoms with van der Waals surface area (Å²) in [4.78, 5) is 0. The number of nitrogens with two attached hydrogens (primary N) is 1. The molecule has 0 aliphatic carbocycles. The summed E-state index contributed by atoms with van der Waals surface area (Å²) in [5, 5.41) is 7.29. The Morgan fingerprint density at radius 1 is 1.35 bits per heavy atom. The molecule has 0 saturated heterocycles. The molecule has 0 radical (unpaired) electrons. The van der Waals surface area contributed by atoms with Gasteiger partial charge in [-0.25, -0.2) is 8.42 Å². The van der Waals surface area contributed by atoms with Crippen molar-refractivity contribution in [3.63, 3.8) is 0 Å². The molecule has 0 unspecified atom stereocenters. The second-order valence-corrected chi connectivity index (χ2v) is 7.15. The number of rotatable bonds is 3. The van der Waals surface area contributed by atoms with Gasteiger partial charge in [0.2, 0.25) is 10.0 Å². The third kappa shape index (κ3) is 3.20. The van der Waals surface area contributed by atoms with Crippen molar-refractivity contribution in [3.8, 4) is 0 Å². The Morgan fingerprint density at radius 2 is 1.94 bits per heavy atom. The van der Waals surface area contributed by atoms with Gasteiger partial charge in [0.25, 0.3) is 0 Å². The standard InChI is InChI=1S/C11H17N3O2S/c1-11(2,3)17(15,16)14-9-6-4-5-8(7-9)10(12)13/h4-7,14H,1-3H3,(H3,12,13). The van der Waals surface area contributed by atoms with Gasteiger partial charge in [-0.05, 0) is 32.9 Å². The number of sulfonamides is 1. The zero-order valence-corrected chi connectivity index (χ0v) is 10.9. The second kappa shape index (κ2) is 4.37. The predicted molar refractivity (Wildman–Crippen MR) is 69.8 cm³/mol. The van der Waals surface area contributed by atoms with E-state index in [4.69, 9.17) is 11.1 Å². The number of amidine groups is 1.